The van der Waals surface area contributed by atoms with Crippen LogP contribution in [0.15, 0.2) is 18.2 Å². The highest BCUT2D eigenvalue weighted by Crippen LogP contribution is 2.42. The first-order valence-corrected chi connectivity index (χ1v) is 5.66. The van der Waals surface area contributed by atoms with Gasteiger partial charge in [0.05, 0.1) is 4.92 Å². The molecule has 84 valence electrons. The van der Waals surface area contributed by atoms with Crippen LogP contribution in [0, 0.1) is 15.5 Å². The van der Waals surface area contributed by atoms with Crippen molar-refractivity contribution in [2.24, 2.45) is 5.41 Å². The number of rotatable bonds is 1. The van der Waals surface area contributed by atoms with E-state index < -0.39 is 0 Å². The molecule has 1 heterocycles. The number of nitro groups is 1. The van der Waals surface area contributed by atoms with E-state index >= 15 is 0 Å². The zero-order chi connectivity index (χ0) is 11.2. The largest absolute Gasteiger partial charge is 0.316 e. The fourth-order valence-corrected chi connectivity index (χ4v) is 3.03. The molecule has 0 aromatic heterocycles. The number of nitro benzene ring substituents is 1. The maximum atomic E-state index is 10.7. The minimum atomic E-state index is -0.307. The average molecular weight is 218 g/mol. The number of fused-ring (bicyclic) bond motifs is 1. The lowest BCUT2D eigenvalue weighted by Crippen LogP contribution is -2.24. The number of non-ortho nitro benzene ring substituents is 1. The first-order valence-electron chi connectivity index (χ1n) is 5.66. The summed E-state index contributed by atoms with van der Waals surface area (Å²) in [5.41, 5.74) is 3.05. The molecule has 16 heavy (non-hydrogen) atoms. The first kappa shape index (κ1) is 9.78. The Kier molecular flexibility index (Phi) is 2.01. The molecule has 1 fully saturated rings. The predicted octanol–water partition coefficient (Wildman–Crippen LogP) is 1.67. The summed E-state index contributed by atoms with van der Waals surface area (Å²) in [6.07, 6.45) is 3.26. The number of hydrogen-bond donors (Lipinski definition) is 1. The smallest absolute Gasteiger partial charge is 0.269 e. The molecule has 1 spiro atoms. The molecular weight excluding hydrogens is 204 g/mol. The molecule has 2 aliphatic rings. The van der Waals surface area contributed by atoms with Crippen LogP contribution in [0.25, 0.3) is 0 Å². The molecule has 1 aliphatic heterocycles. The second-order valence-electron chi connectivity index (χ2n) is 4.99. The topological polar surface area (TPSA) is 55.2 Å². The standard InChI is InChI=1S/C12H14N2O2/c15-14(16)11-2-1-9-6-12(3-4-13-8-12)7-10(9)5-11/h1-2,5,13H,3-4,6-8H2. The fourth-order valence-electron chi connectivity index (χ4n) is 3.03. The Morgan fingerprint density at radius 1 is 1.31 bits per heavy atom. The Hall–Kier alpha value is -1.42. The van der Waals surface area contributed by atoms with Gasteiger partial charge in [-0.3, -0.25) is 10.1 Å². The number of benzene rings is 1. The van der Waals surface area contributed by atoms with Crippen LogP contribution in [0.1, 0.15) is 17.5 Å². The van der Waals surface area contributed by atoms with Crippen molar-refractivity contribution in [2.75, 3.05) is 13.1 Å². The van der Waals surface area contributed by atoms with Gasteiger partial charge < -0.3 is 5.32 Å². The first-order chi connectivity index (χ1) is 7.69. The molecule has 4 nitrogen and oxygen atoms in total. The van der Waals surface area contributed by atoms with Crippen molar-refractivity contribution in [1.29, 1.82) is 0 Å². The van der Waals surface area contributed by atoms with Gasteiger partial charge in [-0.15, -0.1) is 0 Å². The second kappa shape index (κ2) is 3.28. The highest BCUT2D eigenvalue weighted by atomic mass is 16.6. The third-order valence-electron chi connectivity index (χ3n) is 3.86. The van der Waals surface area contributed by atoms with E-state index in [9.17, 15) is 10.1 Å². The van der Waals surface area contributed by atoms with Gasteiger partial charge in [0.25, 0.3) is 5.69 Å². The van der Waals surface area contributed by atoms with Crippen LogP contribution in [0.2, 0.25) is 0 Å². The Labute approximate surface area is 93.8 Å². The van der Waals surface area contributed by atoms with Gasteiger partial charge in [-0.05, 0) is 42.3 Å². The zero-order valence-electron chi connectivity index (χ0n) is 9.03. The highest BCUT2D eigenvalue weighted by molar-refractivity contribution is 5.44. The van der Waals surface area contributed by atoms with E-state index in [1.807, 2.05) is 6.07 Å². The van der Waals surface area contributed by atoms with E-state index in [0.29, 0.717) is 5.41 Å². The van der Waals surface area contributed by atoms with Crippen molar-refractivity contribution in [1.82, 2.24) is 5.32 Å². The van der Waals surface area contributed by atoms with Gasteiger partial charge in [0.2, 0.25) is 0 Å². The van der Waals surface area contributed by atoms with E-state index in [-0.39, 0.29) is 10.6 Å². The summed E-state index contributed by atoms with van der Waals surface area (Å²) >= 11 is 0. The lowest BCUT2D eigenvalue weighted by Gasteiger charge is -2.20. The number of nitrogens with one attached hydrogen (secondary N) is 1. The Morgan fingerprint density at radius 3 is 2.81 bits per heavy atom. The van der Waals surface area contributed by atoms with Crippen LogP contribution < -0.4 is 5.32 Å². The van der Waals surface area contributed by atoms with Crippen LogP contribution in [0.3, 0.4) is 0 Å². The summed E-state index contributed by atoms with van der Waals surface area (Å²) in [5.74, 6) is 0. The van der Waals surface area contributed by atoms with E-state index in [0.717, 1.165) is 25.9 Å². The normalized spacial score (nSPS) is 27.2. The van der Waals surface area contributed by atoms with Crippen molar-refractivity contribution in [3.05, 3.63) is 39.4 Å². The molecule has 1 aromatic rings. The van der Waals surface area contributed by atoms with Crippen LogP contribution in [-0.4, -0.2) is 18.0 Å². The van der Waals surface area contributed by atoms with Crippen molar-refractivity contribution < 1.29 is 4.92 Å². The van der Waals surface area contributed by atoms with E-state index in [2.05, 4.69) is 5.32 Å². The lowest BCUT2D eigenvalue weighted by molar-refractivity contribution is -0.384. The van der Waals surface area contributed by atoms with Crippen molar-refractivity contribution in [3.8, 4) is 0 Å². The Bertz CT molecular complexity index is 450. The molecule has 0 saturated carbocycles. The molecule has 1 unspecified atom stereocenters. The van der Waals surface area contributed by atoms with Crippen LogP contribution >= 0.6 is 0 Å². The van der Waals surface area contributed by atoms with Gasteiger partial charge in [0.1, 0.15) is 0 Å². The van der Waals surface area contributed by atoms with Crippen molar-refractivity contribution in [2.45, 2.75) is 19.3 Å². The van der Waals surface area contributed by atoms with Crippen molar-refractivity contribution in [3.63, 3.8) is 0 Å². The van der Waals surface area contributed by atoms with E-state index in [4.69, 9.17) is 0 Å². The van der Waals surface area contributed by atoms with Gasteiger partial charge in [-0.25, -0.2) is 0 Å². The fraction of sp³-hybridized carbons (Fsp3) is 0.500. The molecule has 0 bridgehead atoms. The summed E-state index contributed by atoms with van der Waals surface area (Å²) in [5, 5.41) is 14.1. The number of hydrogen-bond acceptors (Lipinski definition) is 3. The molecule has 1 N–H and O–H groups in total. The zero-order valence-corrected chi connectivity index (χ0v) is 9.03. The number of nitrogens with zero attached hydrogens (tertiary/aromatic N) is 1. The third-order valence-corrected chi connectivity index (χ3v) is 3.86. The van der Waals surface area contributed by atoms with Gasteiger partial charge in [0.15, 0.2) is 0 Å². The Balaban J connectivity index is 1.94. The molecule has 3 rings (SSSR count). The molecule has 1 atom stereocenters. The molecule has 1 saturated heterocycles. The van der Waals surface area contributed by atoms with Gasteiger partial charge >= 0.3 is 0 Å². The Morgan fingerprint density at radius 2 is 2.12 bits per heavy atom. The summed E-state index contributed by atoms with van der Waals surface area (Å²) in [4.78, 5) is 10.4. The molecule has 1 aromatic carbocycles. The van der Waals surface area contributed by atoms with Crippen LogP contribution in [0.4, 0.5) is 5.69 Å². The van der Waals surface area contributed by atoms with Crippen molar-refractivity contribution >= 4 is 5.69 Å². The van der Waals surface area contributed by atoms with E-state index in [1.54, 1.807) is 12.1 Å². The SMILES string of the molecule is O=[N+]([O-])c1ccc2c(c1)CC1(CCNC1)C2. The average Bonchev–Trinajstić information content (AvgIpc) is 2.84. The monoisotopic (exact) mass is 218 g/mol. The molecule has 0 amide bonds. The minimum Gasteiger partial charge on any atom is -0.316 e. The van der Waals surface area contributed by atoms with Gasteiger partial charge in [-0.2, -0.15) is 0 Å². The highest BCUT2D eigenvalue weighted by Gasteiger charge is 2.39. The molecule has 0 radical (unpaired) electrons. The van der Waals surface area contributed by atoms with Gasteiger partial charge in [-0.1, -0.05) is 6.07 Å². The van der Waals surface area contributed by atoms with E-state index in [1.165, 1.54) is 17.5 Å². The maximum Gasteiger partial charge on any atom is 0.269 e. The lowest BCUT2D eigenvalue weighted by atomic mass is 9.84. The summed E-state index contributed by atoms with van der Waals surface area (Å²) in [6.45, 7) is 2.13. The molecule has 1 aliphatic carbocycles. The summed E-state index contributed by atoms with van der Waals surface area (Å²) in [7, 11) is 0. The van der Waals surface area contributed by atoms with Gasteiger partial charge in [0, 0.05) is 18.7 Å². The predicted molar refractivity (Wildman–Crippen MR) is 60.4 cm³/mol. The maximum absolute atomic E-state index is 10.7. The quantitative estimate of drug-likeness (QED) is 0.576. The summed E-state index contributed by atoms with van der Waals surface area (Å²) < 4.78 is 0. The molecular formula is C12H14N2O2. The minimum absolute atomic E-state index is 0.224. The van der Waals surface area contributed by atoms with Crippen LogP contribution in [-0.2, 0) is 12.8 Å². The molecule has 4 heteroatoms. The van der Waals surface area contributed by atoms with Crippen LogP contribution in [0.5, 0.6) is 0 Å². The summed E-state index contributed by atoms with van der Waals surface area (Å²) in [6, 6.07) is 5.31. The third kappa shape index (κ3) is 1.41. The second-order valence-corrected chi connectivity index (χ2v) is 4.99.